The van der Waals surface area contributed by atoms with E-state index in [1.807, 2.05) is 37.3 Å². The summed E-state index contributed by atoms with van der Waals surface area (Å²) in [5, 5.41) is 12.3. The van der Waals surface area contributed by atoms with Gasteiger partial charge in [0.15, 0.2) is 5.78 Å². The van der Waals surface area contributed by atoms with Crippen LogP contribution in [0.25, 0.3) is 22.2 Å². The van der Waals surface area contributed by atoms with Gasteiger partial charge in [0.2, 0.25) is 10.0 Å². The molecule has 39 heavy (non-hydrogen) atoms. The number of anilines is 1. The quantitative estimate of drug-likeness (QED) is 0.308. The number of allylic oxidation sites excluding steroid dienone is 1. The maximum Gasteiger partial charge on any atom is 0.229 e. The SMILES string of the molecule is CC(C)CCc1cc(C2=C(O)c3ccccc3[C@@](C)(CCC(C)(C)C)C2=O)nc2ccc(NS(C)(=O)=O)cc12. The fourth-order valence-electron chi connectivity index (χ4n) is 5.27. The van der Waals surface area contributed by atoms with Gasteiger partial charge in [0, 0.05) is 16.6 Å². The fourth-order valence-corrected chi connectivity index (χ4v) is 5.83. The molecule has 208 valence electrons. The molecular formula is C32H40N2O4S. The molecule has 4 rings (SSSR count). The van der Waals surface area contributed by atoms with Crippen LogP contribution >= 0.6 is 0 Å². The molecule has 0 saturated heterocycles. The lowest BCUT2D eigenvalue weighted by molar-refractivity contribution is -0.119. The fraction of sp³-hybridized carbons (Fsp3) is 0.438. The average Bonchev–Trinajstić information content (AvgIpc) is 2.84. The van der Waals surface area contributed by atoms with Crippen LogP contribution in [0.4, 0.5) is 5.69 Å². The van der Waals surface area contributed by atoms with Crippen molar-refractivity contribution in [1.29, 1.82) is 0 Å². The van der Waals surface area contributed by atoms with Crippen LogP contribution in [0.3, 0.4) is 0 Å². The Morgan fingerprint density at radius 3 is 2.41 bits per heavy atom. The van der Waals surface area contributed by atoms with E-state index in [1.54, 1.807) is 18.2 Å². The first-order valence-corrected chi connectivity index (χ1v) is 15.5. The summed E-state index contributed by atoms with van der Waals surface area (Å²) in [5.74, 6) is 0.284. The van der Waals surface area contributed by atoms with Gasteiger partial charge >= 0.3 is 0 Å². The van der Waals surface area contributed by atoms with Crippen LogP contribution in [0, 0.1) is 11.3 Å². The second-order valence-electron chi connectivity index (χ2n) is 12.7. The molecule has 2 N–H and O–H groups in total. The van der Waals surface area contributed by atoms with Gasteiger partial charge in [-0.05, 0) is 79.3 Å². The Bertz CT molecular complexity index is 1560. The molecule has 0 amide bonds. The highest BCUT2D eigenvalue weighted by Gasteiger charge is 2.45. The minimum absolute atomic E-state index is 0.0409. The number of hydrogen-bond acceptors (Lipinski definition) is 5. The smallest absolute Gasteiger partial charge is 0.229 e. The van der Waals surface area contributed by atoms with Gasteiger partial charge in [0.25, 0.3) is 0 Å². The van der Waals surface area contributed by atoms with Crippen LogP contribution < -0.4 is 4.72 Å². The van der Waals surface area contributed by atoms with E-state index in [9.17, 15) is 18.3 Å². The molecule has 3 aromatic rings. The molecule has 0 unspecified atom stereocenters. The minimum Gasteiger partial charge on any atom is -0.506 e. The lowest BCUT2D eigenvalue weighted by atomic mass is 9.65. The van der Waals surface area contributed by atoms with Gasteiger partial charge in [0.1, 0.15) is 5.76 Å². The summed E-state index contributed by atoms with van der Waals surface area (Å²) in [7, 11) is -3.44. The molecule has 0 fully saturated rings. The Balaban J connectivity index is 1.92. The number of aromatic nitrogens is 1. The third kappa shape index (κ3) is 6.19. The number of carbonyl (C=O) groups excluding carboxylic acids is 1. The first-order valence-electron chi connectivity index (χ1n) is 13.6. The highest BCUT2D eigenvalue weighted by molar-refractivity contribution is 7.92. The van der Waals surface area contributed by atoms with Crippen molar-refractivity contribution in [1.82, 2.24) is 4.98 Å². The normalized spacial score (nSPS) is 18.1. The zero-order valence-electron chi connectivity index (χ0n) is 24.1. The molecule has 0 radical (unpaired) electrons. The van der Waals surface area contributed by atoms with Gasteiger partial charge < -0.3 is 5.11 Å². The van der Waals surface area contributed by atoms with E-state index in [0.29, 0.717) is 34.8 Å². The maximum absolute atomic E-state index is 14.3. The van der Waals surface area contributed by atoms with Crippen LogP contribution in [0.5, 0.6) is 0 Å². The number of sulfonamides is 1. The number of aliphatic hydroxyl groups is 1. The van der Waals surface area contributed by atoms with E-state index in [4.69, 9.17) is 4.98 Å². The Hall–Kier alpha value is -3.19. The second-order valence-corrected chi connectivity index (χ2v) is 14.4. The zero-order valence-corrected chi connectivity index (χ0v) is 24.9. The summed E-state index contributed by atoms with van der Waals surface area (Å²) < 4.78 is 26.2. The number of carbonyl (C=O) groups is 1. The Morgan fingerprint density at radius 2 is 1.77 bits per heavy atom. The van der Waals surface area contributed by atoms with Gasteiger partial charge in [-0.15, -0.1) is 0 Å². The number of Topliss-reactive ketones (excluding diaryl/α,β-unsaturated/α-hetero) is 1. The molecular weight excluding hydrogens is 508 g/mol. The van der Waals surface area contributed by atoms with E-state index in [-0.39, 0.29) is 22.5 Å². The van der Waals surface area contributed by atoms with Crippen molar-refractivity contribution in [3.8, 4) is 0 Å². The molecule has 0 aliphatic heterocycles. The Labute approximate surface area is 232 Å². The number of nitrogens with zero attached hydrogens (tertiary/aromatic N) is 1. The minimum atomic E-state index is -3.44. The topological polar surface area (TPSA) is 96.4 Å². The third-order valence-corrected chi connectivity index (χ3v) is 8.17. The number of aryl methyl sites for hydroxylation is 1. The van der Waals surface area contributed by atoms with E-state index in [1.165, 1.54) is 0 Å². The summed E-state index contributed by atoms with van der Waals surface area (Å²) in [5.41, 5.74) is 3.52. The molecule has 2 aromatic carbocycles. The summed E-state index contributed by atoms with van der Waals surface area (Å²) in [6.07, 6.45) is 4.26. The van der Waals surface area contributed by atoms with Crippen LogP contribution in [-0.4, -0.2) is 30.5 Å². The maximum atomic E-state index is 14.3. The van der Waals surface area contributed by atoms with Gasteiger partial charge in [-0.3, -0.25) is 9.52 Å². The van der Waals surface area contributed by atoms with E-state index >= 15 is 0 Å². The van der Waals surface area contributed by atoms with Crippen molar-refractivity contribution in [2.75, 3.05) is 11.0 Å². The number of fused-ring (bicyclic) bond motifs is 2. The molecule has 7 heteroatoms. The Kier molecular flexibility index (Phi) is 7.69. The first kappa shape index (κ1) is 28.8. The number of nitrogens with one attached hydrogen (secondary N) is 1. The molecule has 1 heterocycles. The summed E-state index contributed by atoms with van der Waals surface area (Å²) in [6.45, 7) is 12.8. The lowest BCUT2D eigenvalue weighted by Gasteiger charge is -2.37. The molecule has 0 spiro atoms. The molecule has 0 saturated carbocycles. The lowest BCUT2D eigenvalue weighted by Crippen LogP contribution is -2.38. The first-order chi connectivity index (χ1) is 18.1. The zero-order chi connectivity index (χ0) is 28.8. The number of pyridine rings is 1. The number of rotatable bonds is 8. The van der Waals surface area contributed by atoms with Crippen molar-refractivity contribution in [2.24, 2.45) is 11.3 Å². The Morgan fingerprint density at radius 1 is 1.08 bits per heavy atom. The highest BCUT2D eigenvalue weighted by atomic mass is 32.2. The van der Waals surface area contributed by atoms with Gasteiger partial charge in [-0.1, -0.05) is 58.9 Å². The molecule has 1 atom stereocenters. The highest BCUT2D eigenvalue weighted by Crippen LogP contribution is 2.46. The molecule has 1 aromatic heterocycles. The van der Waals surface area contributed by atoms with Crippen molar-refractivity contribution in [3.63, 3.8) is 0 Å². The average molecular weight is 549 g/mol. The van der Waals surface area contributed by atoms with Crippen molar-refractivity contribution < 1.29 is 18.3 Å². The second kappa shape index (κ2) is 10.4. The van der Waals surface area contributed by atoms with Crippen LogP contribution in [0.2, 0.25) is 0 Å². The van der Waals surface area contributed by atoms with Crippen molar-refractivity contribution in [2.45, 2.75) is 72.6 Å². The van der Waals surface area contributed by atoms with Gasteiger partial charge in [-0.25, -0.2) is 13.4 Å². The number of ketones is 1. The molecule has 6 nitrogen and oxygen atoms in total. The van der Waals surface area contributed by atoms with Gasteiger partial charge in [-0.2, -0.15) is 0 Å². The van der Waals surface area contributed by atoms with Crippen LogP contribution in [0.1, 0.15) is 83.2 Å². The molecule has 0 bridgehead atoms. The number of benzene rings is 2. The predicted molar refractivity (Wildman–Crippen MR) is 160 cm³/mol. The van der Waals surface area contributed by atoms with Crippen LogP contribution in [-0.2, 0) is 26.7 Å². The standard InChI is InChI=1S/C32H40N2O4S/c1-20(2)12-13-21-18-27(33-26-15-14-22(19-24(21)26)34-39(7,37)38)28-29(35)23-10-8-9-11-25(23)32(6,30(28)36)17-16-31(3,4)5/h8-11,14-15,18-20,34-35H,12-13,16-17H2,1-7H3/t32-/m1/s1. The predicted octanol–water partition coefficient (Wildman–Crippen LogP) is 7.29. The summed E-state index contributed by atoms with van der Waals surface area (Å²) in [6, 6.07) is 14.7. The number of aliphatic hydroxyl groups excluding tert-OH is 1. The van der Waals surface area contributed by atoms with Gasteiger partial charge in [0.05, 0.1) is 28.5 Å². The van der Waals surface area contributed by atoms with Crippen LogP contribution in [0.15, 0.2) is 48.5 Å². The summed E-state index contributed by atoms with van der Waals surface area (Å²) in [4.78, 5) is 19.2. The molecule has 1 aliphatic rings. The van der Waals surface area contributed by atoms with E-state index in [2.05, 4.69) is 39.3 Å². The number of hydrogen-bond donors (Lipinski definition) is 2. The van der Waals surface area contributed by atoms with E-state index < -0.39 is 15.4 Å². The largest absolute Gasteiger partial charge is 0.506 e. The van der Waals surface area contributed by atoms with Crippen molar-refractivity contribution in [3.05, 3.63) is 70.9 Å². The summed E-state index contributed by atoms with van der Waals surface area (Å²) >= 11 is 0. The monoisotopic (exact) mass is 548 g/mol. The third-order valence-electron chi connectivity index (χ3n) is 7.56. The van der Waals surface area contributed by atoms with Crippen molar-refractivity contribution >= 4 is 43.7 Å². The van der Waals surface area contributed by atoms with E-state index in [0.717, 1.165) is 42.0 Å². The molecule has 1 aliphatic carbocycles.